The second-order valence-corrected chi connectivity index (χ2v) is 8.58. The van der Waals surface area contributed by atoms with Crippen molar-refractivity contribution in [2.24, 2.45) is 0 Å². The SMILES string of the molecule is O=C(N[C@@H](CCc1ccc2ccccc2c1)C(=O)O)OCC1c2ccccc2-c2ccccc21. The number of ether oxygens (including phenoxy) is 1. The van der Waals surface area contributed by atoms with Gasteiger partial charge in [-0.15, -0.1) is 0 Å². The van der Waals surface area contributed by atoms with Crippen molar-refractivity contribution >= 4 is 22.8 Å². The van der Waals surface area contributed by atoms with Gasteiger partial charge in [-0.2, -0.15) is 0 Å². The van der Waals surface area contributed by atoms with Crippen LogP contribution in [0.2, 0.25) is 0 Å². The molecule has 0 aromatic heterocycles. The van der Waals surface area contributed by atoms with Crippen molar-refractivity contribution in [2.45, 2.75) is 24.8 Å². The molecule has 4 aromatic carbocycles. The second kappa shape index (κ2) is 9.40. The number of fused-ring (bicyclic) bond motifs is 4. The molecule has 0 spiro atoms. The summed E-state index contributed by atoms with van der Waals surface area (Å²) in [6.07, 6.45) is 0.0938. The van der Waals surface area contributed by atoms with Crippen LogP contribution in [0.25, 0.3) is 21.9 Å². The van der Waals surface area contributed by atoms with E-state index < -0.39 is 18.1 Å². The Morgan fingerprint density at radius 3 is 2.12 bits per heavy atom. The van der Waals surface area contributed by atoms with Gasteiger partial charge in [0, 0.05) is 5.92 Å². The number of benzene rings is 4. The minimum atomic E-state index is -1.07. The van der Waals surface area contributed by atoms with Crippen molar-refractivity contribution in [3.05, 3.63) is 108 Å². The highest BCUT2D eigenvalue weighted by Crippen LogP contribution is 2.44. The molecule has 1 aliphatic carbocycles. The molecular formula is C29H25NO4. The monoisotopic (exact) mass is 451 g/mol. The molecule has 170 valence electrons. The minimum absolute atomic E-state index is 0.0703. The van der Waals surface area contributed by atoms with Crippen LogP contribution in [0.15, 0.2) is 91.0 Å². The smallest absolute Gasteiger partial charge is 0.407 e. The normalized spacial score (nSPS) is 13.2. The van der Waals surface area contributed by atoms with Crippen molar-refractivity contribution in [1.82, 2.24) is 5.32 Å². The molecule has 5 nitrogen and oxygen atoms in total. The van der Waals surface area contributed by atoms with Gasteiger partial charge in [-0.25, -0.2) is 9.59 Å². The number of carboxylic acid groups (broad SMARTS) is 1. The number of rotatable bonds is 7. The maximum absolute atomic E-state index is 12.5. The number of carboxylic acids is 1. The topological polar surface area (TPSA) is 75.6 Å². The van der Waals surface area contributed by atoms with Crippen molar-refractivity contribution in [3.8, 4) is 11.1 Å². The second-order valence-electron chi connectivity index (χ2n) is 8.58. The number of aliphatic carboxylic acids is 1. The molecule has 1 atom stereocenters. The predicted octanol–water partition coefficient (Wildman–Crippen LogP) is 5.76. The Labute approximate surface area is 198 Å². The van der Waals surface area contributed by atoms with Crippen molar-refractivity contribution in [1.29, 1.82) is 0 Å². The summed E-state index contributed by atoms with van der Waals surface area (Å²) in [6.45, 7) is 0.150. The van der Waals surface area contributed by atoms with Gasteiger partial charge in [0.25, 0.3) is 0 Å². The van der Waals surface area contributed by atoms with Crippen LogP contribution in [0.5, 0.6) is 0 Å². The molecule has 1 amide bonds. The molecule has 0 saturated heterocycles. The van der Waals surface area contributed by atoms with Crippen LogP contribution in [0.1, 0.15) is 29.0 Å². The third-order valence-electron chi connectivity index (χ3n) is 6.47. The van der Waals surface area contributed by atoms with E-state index in [1.165, 1.54) is 0 Å². The number of hydrogen-bond donors (Lipinski definition) is 2. The van der Waals surface area contributed by atoms with E-state index in [1.54, 1.807) is 0 Å². The maximum atomic E-state index is 12.5. The number of carbonyl (C=O) groups is 2. The van der Waals surface area contributed by atoms with Crippen LogP contribution < -0.4 is 5.32 Å². The molecule has 0 saturated carbocycles. The minimum Gasteiger partial charge on any atom is -0.480 e. The fraction of sp³-hybridized carbons (Fsp3) is 0.172. The van der Waals surface area contributed by atoms with E-state index in [4.69, 9.17) is 4.74 Å². The number of nitrogens with one attached hydrogen (secondary N) is 1. The van der Waals surface area contributed by atoms with E-state index in [9.17, 15) is 14.7 Å². The van der Waals surface area contributed by atoms with E-state index in [0.717, 1.165) is 38.6 Å². The molecule has 34 heavy (non-hydrogen) atoms. The van der Waals surface area contributed by atoms with Crippen molar-refractivity contribution < 1.29 is 19.4 Å². The molecule has 4 aromatic rings. The molecule has 0 radical (unpaired) electrons. The standard InChI is InChI=1S/C29H25NO4/c31-28(32)27(16-14-19-13-15-20-7-1-2-8-21(20)17-19)30-29(33)34-18-26-24-11-5-3-9-22(24)23-10-4-6-12-25(23)26/h1-13,15,17,26-27H,14,16,18H2,(H,30,33)(H,31,32)/t27-/m0/s1. The fourth-order valence-electron chi connectivity index (χ4n) is 4.75. The first-order valence-corrected chi connectivity index (χ1v) is 11.4. The first-order chi connectivity index (χ1) is 16.6. The summed E-state index contributed by atoms with van der Waals surface area (Å²) in [5.41, 5.74) is 5.54. The summed E-state index contributed by atoms with van der Waals surface area (Å²) in [6, 6.07) is 29.3. The van der Waals surface area contributed by atoms with Gasteiger partial charge in [-0.1, -0.05) is 91.0 Å². The summed E-state index contributed by atoms with van der Waals surface area (Å²) in [5, 5.41) is 14.4. The van der Waals surface area contributed by atoms with Gasteiger partial charge in [0.05, 0.1) is 0 Å². The average Bonchev–Trinajstić information content (AvgIpc) is 3.18. The highest BCUT2D eigenvalue weighted by atomic mass is 16.5. The number of alkyl carbamates (subject to hydrolysis) is 1. The summed E-state index contributed by atoms with van der Waals surface area (Å²) >= 11 is 0. The Kier molecular flexibility index (Phi) is 6.00. The summed E-state index contributed by atoms with van der Waals surface area (Å²) < 4.78 is 5.52. The molecule has 0 aliphatic heterocycles. The number of aryl methyl sites for hydroxylation is 1. The Balaban J connectivity index is 1.22. The Hall–Kier alpha value is -4.12. The number of carbonyl (C=O) groups excluding carboxylic acids is 1. The van der Waals surface area contributed by atoms with Crippen LogP contribution in [-0.4, -0.2) is 29.8 Å². The van der Waals surface area contributed by atoms with Gasteiger partial charge >= 0.3 is 12.1 Å². The van der Waals surface area contributed by atoms with Crippen LogP contribution in [0.4, 0.5) is 4.79 Å². The number of hydrogen-bond acceptors (Lipinski definition) is 3. The lowest BCUT2D eigenvalue weighted by Gasteiger charge is -2.17. The lowest BCUT2D eigenvalue weighted by molar-refractivity contribution is -0.139. The van der Waals surface area contributed by atoms with Crippen molar-refractivity contribution in [2.75, 3.05) is 6.61 Å². The summed E-state index contributed by atoms with van der Waals surface area (Å²) in [4.78, 5) is 24.3. The number of amides is 1. The van der Waals surface area contributed by atoms with Gasteiger partial charge in [0.2, 0.25) is 0 Å². The molecule has 1 aliphatic rings. The third-order valence-corrected chi connectivity index (χ3v) is 6.47. The average molecular weight is 452 g/mol. The van der Waals surface area contributed by atoms with Gasteiger partial charge < -0.3 is 15.2 Å². The Morgan fingerprint density at radius 2 is 1.44 bits per heavy atom. The molecule has 5 rings (SSSR count). The zero-order chi connectivity index (χ0) is 23.5. The predicted molar refractivity (Wildman–Crippen MR) is 132 cm³/mol. The summed E-state index contributed by atoms with van der Waals surface area (Å²) in [5.74, 6) is -1.15. The highest BCUT2D eigenvalue weighted by molar-refractivity contribution is 5.83. The van der Waals surface area contributed by atoms with E-state index in [-0.39, 0.29) is 18.9 Å². The van der Waals surface area contributed by atoms with E-state index in [1.807, 2.05) is 72.8 Å². The first-order valence-electron chi connectivity index (χ1n) is 11.4. The van der Waals surface area contributed by atoms with Crippen LogP contribution in [0, 0.1) is 0 Å². The van der Waals surface area contributed by atoms with Crippen molar-refractivity contribution in [3.63, 3.8) is 0 Å². The third kappa shape index (κ3) is 4.37. The molecule has 5 heteroatoms. The van der Waals surface area contributed by atoms with Gasteiger partial charge in [-0.3, -0.25) is 0 Å². The Morgan fingerprint density at radius 1 is 0.824 bits per heavy atom. The van der Waals surface area contributed by atoms with Crippen LogP contribution in [-0.2, 0) is 16.0 Å². The highest BCUT2D eigenvalue weighted by Gasteiger charge is 2.29. The zero-order valence-electron chi connectivity index (χ0n) is 18.6. The van der Waals surface area contributed by atoms with E-state index in [0.29, 0.717) is 6.42 Å². The molecule has 2 N–H and O–H groups in total. The summed E-state index contributed by atoms with van der Waals surface area (Å²) in [7, 11) is 0. The lowest BCUT2D eigenvalue weighted by atomic mass is 9.98. The lowest BCUT2D eigenvalue weighted by Crippen LogP contribution is -2.41. The molecule has 0 heterocycles. The quantitative estimate of drug-likeness (QED) is 0.374. The largest absolute Gasteiger partial charge is 0.480 e. The van der Waals surface area contributed by atoms with Gasteiger partial charge in [0.15, 0.2) is 0 Å². The Bertz CT molecular complexity index is 1320. The molecular weight excluding hydrogens is 426 g/mol. The van der Waals surface area contributed by atoms with E-state index in [2.05, 4.69) is 23.5 Å². The van der Waals surface area contributed by atoms with Gasteiger partial charge in [-0.05, 0) is 51.4 Å². The molecule has 0 bridgehead atoms. The zero-order valence-corrected chi connectivity index (χ0v) is 18.6. The fourth-order valence-corrected chi connectivity index (χ4v) is 4.75. The van der Waals surface area contributed by atoms with Gasteiger partial charge in [0.1, 0.15) is 12.6 Å². The van der Waals surface area contributed by atoms with Crippen LogP contribution >= 0.6 is 0 Å². The molecule has 0 unspecified atom stereocenters. The first kappa shape index (κ1) is 21.7. The maximum Gasteiger partial charge on any atom is 0.407 e. The van der Waals surface area contributed by atoms with Crippen LogP contribution in [0.3, 0.4) is 0 Å². The molecule has 0 fully saturated rings. The van der Waals surface area contributed by atoms with E-state index >= 15 is 0 Å².